The summed E-state index contributed by atoms with van der Waals surface area (Å²) in [7, 11) is 0. The topological polar surface area (TPSA) is 157 Å². The monoisotopic (exact) mass is 496 g/mol. The van der Waals surface area contributed by atoms with Crippen molar-refractivity contribution in [3.8, 4) is 0 Å². The van der Waals surface area contributed by atoms with Gasteiger partial charge in [-0.2, -0.15) is 0 Å². The van der Waals surface area contributed by atoms with E-state index in [2.05, 4.69) is 90.2 Å². The Bertz CT molecular complexity index is 752. The highest BCUT2D eigenvalue weighted by atomic mass is 32.1. The first-order chi connectivity index (χ1) is 15.7. The lowest BCUT2D eigenvalue weighted by Gasteiger charge is -2.23. The maximum absolute atomic E-state index is 5.36. The second-order valence-corrected chi connectivity index (χ2v) is 10.4. The van der Waals surface area contributed by atoms with E-state index >= 15 is 0 Å². The molecule has 0 aliphatic carbocycles. The molecule has 0 unspecified atom stereocenters. The van der Waals surface area contributed by atoms with Gasteiger partial charge in [0.25, 0.3) is 0 Å². The third kappa shape index (κ3) is 11.8. The average molecular weight is 497 g/mol. The molecule has 0 saturated heterocycles. The van der Waals surface area contributed by atoms with Crippen LogP contribution in [0.5, 0.6) is 0 Å². The fourth-order valence-electron chi connectivity index (χ4n) is 3.24. The molecule has 33 heavy (non-hydrogen) atoms. The summed E-state index contributed by atoms with van der Waals surface area (Å²) in [5.74, 6) is 1.60. The van der Waals surface area contributed by atoms with Crippen LogP contribution in [0, 0.1) is 10.8 Å². The quantitative estimate of drug-likeness (QED) is 0.160. The number of nitrogens with one attached hydrogen (secondary N) is 6. The molecule has 184 valence electrons. The number of rotatable bonds is 14. The largest absolute Gasteiger partial charge is 0.363 e. The van der Waals surface area contributed by atoms with Gasteiger partial charge in [0.2, 0.25) is 0 Å². The van der Waals surface area contributed by atoms with Crippen LogP contribution in [0.1, 0.15) is 58.6 Å². The molecular formula is C19H36N12S2. The molecule has 0 aromatic carbocycles. The Morgan fingerprint density at radius 3 is 1.45 bits per heavy atom. The van der Waals surface area contributed by atoms with Gasteiger partial charge in [-0.05, 0) is 75.4 Å². The molecule has 0 bridgehead atoms. The lowest BCUT2D eigenvalue weighted by molar-refractivity contribution is 0.326. The predicted molar refractivity (Wildman–Crippen MR) is 134 cm³/mol. The zero-order chi connectivity index (χ0) is 24.2. The van der Waals surface area contributed by atoms with Crippen molar-refractivity contribution < 1.29 is 0 Å². The van der Waals surface area contributed by atoms with E-state index in [0.29, 0.717) is 10.2 Å². The molecule has 6 N–H and O–H groups in total. The minimum atomic E-state index is 0.0683. The first-order valence-corrected chi connectivity index (χ1v) is 12.0. The lowest BCUT2D eigenvalue weighted by Crippen LogP contribution is -2.40. The van der Waals surface area contributed by atoms with Gasteiger partial charge in [0.15, 0.2) is 10.2 Å². The van der Waals surface area contributed by atoms with E-state index in [4.69, 9.17) is 24.4 Å². The van der Waals surface area contributed by atoms with Crippen molar-refractivity contribution >= 4 is 34.7 Å². The summed E-state index contributed by atoms with van der Waals surface area (Å²) in [5, 5.41) is 42.3. The molecule has 0 fully saturated rings. The molecule has 0 aliphatic heterocycles. The van der Waals surface area contributed by atoms with Crippen molar-refractivity contribution in [2.75, 3.05) is 26.2 Å². The summed E-state index contributed by atoms with van der Waals surface area (Å²) in [6, 6.07) is 0. The zero-order valence-corrected chi connectivity index (χ0v) is 21.5. The van der Waals surface area contributed by atoms with Crippen LogP contribution in [0.4, 0.5) is 0 Å². The van der Waals surface area contributed by atoms with Gasteiger partial charge in [0.05, 0.1) is 0 Å². The number of hydrogen-bond acceptors (Lipinski definition) is 8. The van der Waals surface area contributed by atoms with Gasteiger partial charge in [-0.25, -0.2) is 10.2 Å². The van der Waals surface area contributed by atoms with Crippen molar-refractivity contribution in [3.63, 3.8) is 0 Å². The van der Waals surface area contributed by atoms with Crippen molar-refractivity contribution in [1.82, 2.24) is 62.5 Å². The van der Waals surface area contributed by atoms with Gasteiger partial charge in [-0.1, -0.05) is 27.7 Å². The minimum absolute atomic E-state index is 0.0683. The second-order valence-electron chi connectivity index (χ2n) is 9.60. The van der Waals surface area contributed by atoms with E-state index in [1.54, 1.807) is 0 Å². The van der Waals surface area contributed by atoms with Crippen molar-refractivity contribution in [3.05, 3.63) is 11.6 Å². The van der Waals surface area contributed by atoms with E-state index in [9.17, 15) is 0 Å². The fourth-order valence-corrected chi connectivity index (χ4v) is 3.65. The van der Waals surface area contributed by atoms with Crippen LogP contribution in [-0.2, 0) is 12.8 Å². The molecule has 2 heterocycles. The Hall–Kier alpha value is -2.48. The molecule has 2 rings (SSSR count). The van der Waals surface area contributed by atoms with E-state index in [1.165, 1.54) is 0 Å². The lowest BCUT2D eigenvalue weighted by atomic mass is 9.85. The molecule has 2 aromatic heterocycles. The van der Waals surface area contributed by atoms with E-state index < -0.39 is 0 Å². The van der Waals surface area contributed by atoms with Gasteiger partial charge in [-0.15, -0.1) is 10.2 Å². The van der Waals surface area contributed by atoms with Gasteiger partial charge >= 0.3 is 0 Å². The average Bonchev–Trinajstić information content (AvgIpc) is 3.41. The van der Waals surface area contributed by atoms with Gasteiger partial charge in [0, 0.05) is 39.0 Å². The number of hydrogen-bond donors (Lipinski definition) is 6. The van der Waals surface area contributed by atoms with Crippen molar-refractivity contribution in [1.29, 1.82) is 0 Å². The third-order valence-electron chi connectivity index (χ3n) is 5.17. The molecule has 0 amide bonds. The SMILES string of the molecule is CC(C)(CCNC(=S)NCCCNC(=S)NCCC(C)(C)Cc1nnn[nH]1)Cc1nnn[nH]1. The van der Waals surface area contributed by atoms with Gasteiger partial charge in [0.1, 0.15) is 11.6 Å². The number of aromatic nitrogens is 8. The molecular weight excluding hydrogens is 460 g/mol. The Morgan fingerprint density at radius 2 is 1.09 bits per heavy atom. The second kappa shape index (κ2) is 13.3. The summed E-state index contributed by atoms with van der Waals surface area (Å²) in [6.07, 6.45) is 4.37. The van der Waals surface area contributed by atoms with Crippen LogP contribution in [0.25, 0.3) is 0 Å². The van der Waals surface area contributed by atoms with Crippen LogP contribution in [0.3, 0.4) is 0 Å². The van der Waals surface area contributed by atoms with E-state index in [-0.39, 0.29) is 10.8 Å². The summed E-state index contributed by atoms with van der Waals surface area (Å²) in [6.45, 7) is 11.9. The van der Waals surface area contributed by atoms with Crippen LogP contribution in [0.2, 0.25) is 0 Å². The number of thiocarbonyl (C=S) groups is 2. The molecule has 0 spiro atoms. The van der Waals surface area contributed by atoms with Crippen molar-refractivity contribution in [2.24, 2.45) is 10.8 Å². The Labute approximate surface area is 205 Å². The normalized spacial score (nSPS) is 11.8. The highest BCUT2D eigenvalue weighted by molar-refractivity contribution is 7.80. The molecule has 14 heteroatoms. The van der Waals surface area contributed by atoms with Crippen LogP contribution >= 0.6 is 24.4 Å². The summed E-state index contributed by atoms with van der Waals surface area (Å²) < 4.78 is 0. The molecule has 0 radical (unpaired) electrons. The van der Waals surface area contributed by atoms with Crippen molar-refractivity contribution in [2.45, 2.75) is 59.8 Å². The fraction of sp³-hybridized carbons (Fsp3) is 0.789. The standard InChI is InChI=1S/C19H36N12S2/c1-18(2,12-14-24-28-29-25-14)6-10-22-16(32)20-8-5-9-21-17(33)23-11-7-19(3,4)13-15-26-30-31-27-15/h5-13H2,1-4H3,(H2,20,22,32)(H2,21,23,33)(H,24,25,28,29)(H,26,27,30,31). The zero-order valence-electron chi connectivity index (χ0n) is 19.9. The highest BCUT2D eigenvalue weighted by Crippen LogP contribution is 2.24. The molecule has 0 atom stereocenters. The first kappa shape index (κ1) is 26.8. The number of nitrogens with zero attached hydrogens (tertiary/aromatic N) is 6. The minimum Gasteiger partial charge on any atom is -0.363 e. The highest BCUT2D eigenvalue weighted by Gasteiger charge is 2.21. The van der Waals surface area contributed by atoms with Gasteiger partial charge in [-0.3, -0.25) is 0 Å². The number of H-pyrrole nitrogens is 2. The van der Waals surface area contributed by atoms with Crippen LogP contribution < -0.4 is 21.3 Å². The summed E-state index contributed by atoms with van der Waals surface area (Å²) in [5.41, 5.74) is 0.137. The van der Waals surface area contributed by atoms with Gasteiger partial charge < -0.3 is 21.3 Å². The summed E-state index contributed by atoms with van der Waals surface area (Å²) >= 11 is 10.7. The first-order valence-electron chi connectivity index (χ1n) is 11.1. The van der Waals surface area contributed by atoms with E-state index in [0.717, 1.165) is 69.9 Å². The molecule has 12 nitrogen and oxygen atoms in total. The number of aromatic amines is 2. The Kier molecular flexibility index (Phi) is 10.8. The number of tetrazole rings is 2. The maximum atomic E-state index is 5.36. The molecule has 0 saturated carbocycles. The van der Waals surface area contributed by atoms with E-state index in [1.807, 2.05) is 0 Å². The molecule has 2 aromatic rings. The smallest absolute Gasteiger partial charge is 0.166 e. The maximum Gasteiger partial charge on any atom is 0.166 e. The van der Waals surface area contributed by atoms with Crippen LogP contribution in [-0.4, -0.2) is 77.7 Å². The molecule has 0 aliphatic rings. The summed E-state index contributed by atoms with van der Waals surface area (Å²) in [4.78, 5) is 0. The predicted octanol–water partition coefficient (Wildman–Crippen LogP) is 0.649. The Morgan fingerprint density at radius 1 is 0.697 bits per heavy atom. The third-order valence-corrected chi connectivity index (χ3v) is 5.75. The van der Waals surface area contributed by atoms with Crippen LogP contribution in [0.15, 0.2) is 0 Å². The Balaban J connectivity index is 1.46.